The molecule has 190 valence electrons. The molecule has 0 amide bonds. The van der Waals surface area contributed by atoms with E-state index in [1.165, 1.54) is 24.3 Å². The van der Waals surface area contributed by atoms with Crippen LogP contribution in [0.2, 0.25) is 0 Å². The lowest BCUT2D eigenvalue weighted by Crippen LogP contribution is -2.25. The fourth-order valence-corrected chi connectivity index (χ4v) is 3.71. The number of benzene rings is 2. The Bertz CT molecular complexity index is 1120. The molecule has 0 radical (unpaired) electrons. The first-order valence-corrected chi connectivity index (χ1v) is 12.2. The summed E-state index contributed by atoms with van der Waals surface area (Å²) in [6.07, 6.45) is 3.59. The van der Waals surface area contributed by atoms with Crippen molar-refractivity contribution in [2.75, 3.05) is 26.2 Å². The Morgan fingerprint density at radius 3 is 1.89 bits per heavy atom. The Kier molecular flexibility index (Phi) is 11.5. The molecule has 1 atom stereocenters. The average molecular weight is 513 g/mol. The third-order valence-electron chi connectivity index (χ3n) is 5.35. The molecule has 10 heteroatoms. The molecule has 0 aliphatic carbocycles. The number of hydrogen-bond acceptors (Lipinski definition) is 3. The van der Waals surface area contributed by atoms with Gasteiger partial charge in [-0.2, -0.15) is 0 Å². The van der Waals surface area contributed by atoms with Gasteiger partial charge in [0, 0.05) is 17.7 Å². The molecule has 2 rings (SSSR count). The van der Waals surface area contributed by atoms with Crippen molar-refractivity contribution in [2.24, 2.45) is 0 Å². The summed E-state index contributed by atoms with van der Waals surface area (Å²) < 4.78 is 76.7. The molecular formula is C25H28F4N2O3S. The Balaban J connectivity index is 2.46. The molecule has 5 nitrogen and oxygen atoms in total. The van der Waals surface area contributed by atoms with Crippen molar-refractivity contribution in [3.63, 3.8) is 0 Å². The molecule has 0 aliphatic rings. The van der Waals surface area contributed by atoms with E-state index in [2.05, 4.69) is 9.62 Å². The predicted molar refractivity (Wildman–Crippen MR) is 129 cm³/mol. The lowest BCUT2D eigenvalue weighted by molar-refractivity contribution is -0.112. The molecule has 2 N–H and O–H groups in total. The summed E-state index contributed by atoms with van der Waals surface area (Å²) in [5, 5.41) is 0. The molecule has 0 aliphatic heterocycles. The third-order valence-corrected chi connectivity index (χ3v) is 5.74. The zero-order valence-electron chi connectivity index (χ0n) is 19.5. The molecule has 0 fully saturated rings. The van der Waals surface area contributed by atoms with Gasteiger partial charge >= 0.3 is 0 Å². The second-order valence-corrected chi connectivity index (χ2v) is 8.50. The highest BCUT2D eigenvalue weighted by molar-refractivity contribution is 7.77. The number of halogens is 4. The van der Waals surface area contributed by atoms with Crippen LogP contribution in [0.3, 0.4) is 0 Å². The summed E-state index contributed by atoms with van der Waals surface area (Å²) in [5.74, 6) is -4.79. The number of carbonyl (C=O) groups is 1. The van der Waals surface area contributed by atoms with Gasteiger partial charge in [0.15, 0.2) is 29.1 Å². The van der Waals surface area contributed by atoms with Crippen LogP contribution < -0.4 is 4.72 Å². The van der Waals surface area contributed by atoms with Crippen LogP contribution in [0.1, 0.15) is 37.8 Å². The summed E-state index contributed by atoms with van der Waals surface area (Å²) >= 11 is -2.43. The number of nitrogens with one attached hydrogen (secondary N) is 1. The molecule has 2 aromatic carbocycles. The SMILES string of the molecule is CCN(CC)CCC/C(=C\c1ccc(F)c(F)c1)C(=O)/C(=C/c1ccc(F)c(F)c1)CNS(=O)O. The number of Topliss-reactive ketones (excluding diaryl/α,β-unsaturated/α-hetero) is 1. The summed E-state index contributed by atoms with van der Waals surface area (Å²) in [4.78, 5) is 15.6. The van der Waals surface area contributed by atoms with Gasteiger partial charge in [0.05, 0.1) is 0 Å². The monoisotopic (exact) mass is 512 g/mol. The lowest BCUT2D eigenvalue weighted by Gasteiger charge is -2.18. The minimum Gasteiger partial charge on any atom is -0.304 e. The van der Waals surface area contributed by atoms with E-state index >= 15 is 0 Å². The molecular weight excluding hydrogens is 484 g/mol. The Hall–Kier alpha value is -2.66. The fraction of sp³-hybridized carbons (Fsp3) is 0.320. The van der Waals surface area contributed by atoms with Crippen LogP contribution in [-0.2, 0) is 16.1 Å². The van der Waals surface area contributed by atoms with Crippen molar-refractivity contribution in [3.05, 3.63) is 81.9 Å². The molecule has 0 spiro atoms. The Morgan fingerprint density at radius 1 is 0.914 bits per heavy atom. The smallest absolute Gasteiger partial charge is 0.232 e. The topological polar surface area (TPSA) is 69.6 Å². The van der Waals surface area contributed by atoms with Crippen molar-refractivity contribution in [2.45, 2.75) is 26.7 Å². The number of allylic oxidation sites excluding steroid dienone is 1. The van der Waals surface area contributed by atoms with Crippen LogP contribution >= 0.6 is 0 Å². The van der Waals surface area contributed by atoms with E-state index < -0.39 is 40.3 Å². The summed E-state index contributed by atoms with van der Waals surface area (Å²) in [5.41, 5.74) is 0.701. The van der Waals surface area contributed by atoms with E-state index in [1.807, 2.05) is 13.8 Å². The zero-order valence-corrected chi connectivity index (χ0v) is 20.3. The average Bonchev–Trinajstić information content (AvgIpc) is 2.82. The van der Waals surface area contributed by atoms with Crippen LogP contribution in [0.15, 0.2) is 47.5 Å². The van der Waals surface area contributed by atoms with E-state index in [1.54, 1.807) is 0 Å². The maximum Gasteiger partial charge on any atom is 0.232 e. The molecule has 35 heavy (non-hydrogen) atoms. The summed E-state index contributed by atoms with van der Waals surface area (Å²) in [6, 6.07) is 6.32. The van der Waals surface area contributed by atoms with Crippen LogP contribution in [0.5, 0.6) is 0 Å². The van der Waals surface area contributed by atoms with Gasteiger partial charge in [0.2, 0.25) is 11.3 Å². The summed E-state index contributed by atoms with van der Waals surface area (Å²) in [7, 11) is 0. The van der Waals surface area contributed by atoms with Crippen molar-refractivity contribution >= 4 is 29.2 Å². The Labute approximate surface area is 204 Å². The number of rotatable bonds is 13. The molecule has 0 bridgehead atoms. The predicted octanol–water partition coefficient (Wildman–Crippen LogP) is 5.13. The molecule has 0 aromatic heterocycles. The van der Waals surface area contributed by atoms with Crippen LogP contribution in [0.4, 0.5) is 17.6 Å². The summed E-state index contributed by atoms with van der Waals surface area (Å²) in [6.45, 7) is 6.01. The first-order chi connectivity index (χ1) is 16.6. The highest BCUT2D eigenvalue weighted by Gasteiger charge is 2.18. The van der Waals surface area contributed by atoms with E-state index in [0.29, 0.717) is 13.0 Å². The quantitative estimate of drug-likeness (QED) is 0.222. The Morgan fingerprint density at radius 2 is 1.43 bits per heavy atom. The first kappa shape index (κ1) is 28.6. The minimum atomic E-state index is -2.43. The van der Waals surface area contributed by atoms with E-state index in [9.17, 15) is 26.6 Å². The van der Waals surface area contributed by atoms with Crippen LogP contribution in [0.25, 0.3) is 12.2 Å². The second-order valence-electron chi connectivity index (χ2n) is 7.72. The van der Waals surface area contributed by atoms with Gasteiger partial charge in [-0.3, -0.25) is 9.35 Å². The van der Waals surface area contributed by atoms with Crippen molar-refractivity contribution < 1.29 is 31.1 Å². The third kappa shape index (κ3) is 9.14. The normalized spacial score (nSPS) is 13.4. The van der Waals surface area contributed by atoms with Gasteiger partial charge in [-0.1, -0.05) is 26.0 Å². The highest BCUT2D eigenvalue weighted by atomic mass is 32.2. The van der Waals surface area contributed by atoms with Crippen molar-refractivity contribution in [1.82, 2.24) is 9.62 Å². The molecule has 2 aromatic rings. The largest absolute Gasteiger partial charge is 0.304 e. The van der Waals surface area contributed by atoms with Gasteiger partial charge in [-0.05, 0) is 80.0 Å². The fourth-order valence-electron chi connectivity index (χ4n) is 3.43. The first-order valence-electron chi connectivity index (χ1n) is 11.1. The minimum absolute atomic E-state index is 0.00933. The highest BCUT2D eigenvalue weighted by Crippen LogP contribution is 2.21. The zero-order chi connectivity index (χ0) is 26.0. The van der Waals surface area contributed by atoms with Gasteiger partial charge in [0.25, 0.3) is 0 Å². The van der Waals surface area contributed by atoms with E-state index in [4.69, 9.17) is 4.55 Å². The van der Waals surface area contributed by atoms with Gasteiger partial charge < -0.3 is 4.90 Å². The number of hydrogen-bond donors (Lipinski definition) is 2. The van der Waals surface area contributed by atoms with E-state index in [0.717, 1.165) is 37.4 Å². The van der Waals surface area contributed by atoms with Crippen molar-refractivity contribution in [3.8, 4) is 0 Å². The standard InChI is InChI=1S/C25H28F4N2O3S/c1-3-31(4-2)11-5-6-19(12-17-7-9-21(26)23(28)14-17)25(32)20(16-30-35(33)34)13-18-8-10-22(27)24(29)15-18/h7-10,12-15,30H,3-6,11,16H2,1-2H3,(H,33,34)/b19-12+,20-13+. The number of carbonyl (C=O) groups excluding carboxylic acids is 1. The molecule has 0 saturated heterocycles. The molecule has 0 saturated carbocycles. The lowest BCUT2D eigenvalue weighted by atomic mass is 9.95. The van der Waals surface area contributed by atoms with Crippen LogP contribution in [-0.4, -0.2) is 45.6 Å². The number of ketones is 1. The molecule has 0 heterocycles. The molecule has 1 unspecified atom stereocenters. The van der Waals surface area contributed by atoms with Gasteiger partial charge in [-0.25, -0.2) is 26.5 Å². The van der Waals surface area contributed by atoms with Gasteiger partial charge in [-0.15, -0.1) is 0 Å². The van der Waals surface area contributed by atoms with Gasteiger partial charge in [0.1, 0.15) is 0 Å². The van der Waals surface area contributed by atoms with Crippen LogP contribution in [0, 0.1) is 23.3 Å². The number of nitrogens with zero attached hydrogens (tertiary/aromatic N) is 1. The second kappa shape index (κ2) is 14.0. The maximum atomic E-state index is 13.8. The van der Waals surface area contributed by atoms with E-state index in [-0.39, 0.29) is 35.2 Å². The maximum absolute atomic E-state index is 13.8. The van der Waals surface area contributed by atoms with Crippen molar-refractivity contribution in [1.29, 1.82) is 0 Å².